The molecule has 16 heavy (non-hydrogen) atoms. The number of oxime groups is 1. The van der Waals surface area contributed by atoms with Crippen molar-refractivity contribution in [2.45, 2.75) is 38.2 Å². The Morgan fingerprint density at radius 3 is 2.75 bits per heavy atom. The molecule has 0 aromatic rings. The monoisotopic (exact) mass is 219 g/mol. The Morgan fingerprint density at radius 1 is 1.31 bits per heavy atom. The first-order chi connectivity index (χ1) is 7.77. The fourth-order valence-corrected chi connectivity index (χ4v) is 1.96. The van der Waals surface area contributed by atoms with Crippen molar-refractivity contribution in [1.82, 2.24) is 0 Å². The maximum absolute atomic E-state index is 7.68. The zero-order valence-electron chi connectivity index (χ0n) is 9.28. The number of allylic oxidation sites excluding steroid dienone is 4. The molecule has 2 aliphatic carbocycles. The number of nitrogens with two attached hydrogens (primary N) is 1. The van der Waals surface area contributed by atoms with E-state index in [0.29, 0.717) is 17.1 Å². The smallest absolute Gasteiger partial charge is 0.150 e. The fraction of sp³-hybridized carbons (Fsp3) is 0.500. The third kappa shape index (κ3) is 2.51. The molecule has 1 saturated carbocycles. The van der Waals surface area contributed by atoms with E-state index in [0.717, 1.165) is 12.8 Å². The molecule has 0 bridgehead atoms. The highest BCUT2D eigenvalue weighted by Crippen LogP contribution is 2.20. The minimum absolute atomic E-state index is 0.202. The van der Waals surface area contributed by atoms with Gasteiger partial charge in [-0.15, -0.1) is 0 Å². The van der Waals surface area contributed by atoms with E-state index in [4.69, 9.17) is 16.0 Å². The molecule has 3 N–H and O–H groups in total. The molecule has 2 rings (SSSR count). The first-order valence-electron chi connectivity index (χ1n) is 5.74. The minimum Gasteiger partial charge on any atom is -0.397 e. The highest BCUT2D eigenvalue weighted by Gasteiger charge is 2.16. The first kappa shape index (κ1) is 10.9. The molecule has 0 aromatic heterocycles. The summed E-state index contributed by atoms with van der Waals surface area (Å²) in [5.41, 5.74) is 7.01. The molecule has 0 spiro atoms. The lowest BCUT2D eigenvalue weighted by molar-refractivity contribution is 0.0334. The Labute approximate surface area is 95.4 Å². The summed E-state index contributed by atoms with van der Waals surface area (Å²) < 4.78 is 0. The molecule has 0 heterocycles. The van der Waals surface area contributed by atoms with Crippen LogP contribution in [0.5, 0.6) is 0 Å². The van der Waals surface area contributed by atoms with Crippen molar-refractivity contribution >= 4 is 11.4 Å². The largest absolute Gasteiger partial charge is 0.397 e. The topological polar surface area (TPSA) is 71.5 Å². The Kier molecular flexibility index (Phi) is 3.39. The summed E-state index contributed by atoms with van der Waals surface area (Å²) in [6.07, 6.45) is 11.2. The van der Waals surface area contributed by atoms with Crippen LogP contribution in [0.4, 0.5) is 0 Å². The molecule has 0 radical (unpaired) electrons. The van der Waals surface area contributed by atoms with Gasteiger partial charge in [-0.3, -0.25) is 5.41 Å². The minimum atomic E-state index is 0.202. The highest BCUT2D eigenvalue weighted by molar-refractivity contribution is 6.51. The van der Waals surface area contributed by atoms with Crippen LogP contribution >= 0.6 is 0 Å². The lowest BCUT2D eigenvalue weighted by atomic mass is 9.98. The Hall–Kier alpha value is -1.58. The number of nitrogens with zero attached hydrogens (tertiary/aromatic N) is 1. The second-order valence-electron chi connectivity index (χ2n) is 4.20. The quantitative estimate of drug-likeness (QED) is 0.551. The average molecular weight is 219 g/mol. The molecule has 0 saturated heterocycles. The van der Waals surface area contributed by atoms with Crippen molar-refractivity contribution < 1.29 is 4.84 Å². The van der Waals surface area contributed by atoms with Gasteiger partial charge in [-0.25, -0.2) is 0 Å². The standard InChI is InChI=1S/C12H17N3O/c13-10-7-4-8-11(14)12(10)15-16-9-5-2-1-3-6-9/h4,7-9,13H,1-3,5-6,14H2/b13-10?,15-12-. The van der Waals surface area contributed by atoms with Crippen LogP contribution in [-0.2, 0) is 4.84 Å². The number of hydrogen-bond donors (Lipinski definition) is 2. The fourth-order valence-electron chi connectivity index (χ4n) is 1.96. The van der Waals surface area contributed by atoms with Crippen molar-refractivity contribution in [3.8, 4) is 0 Å². The molecule has 2 aliphatic rings. The van der Waals surface area contributed by atoms with Crippen molar-refractivity contribution in [1.29, 1.82) is 5.41 Å². The van der Waals surface area contributed by atoms with E-state index < -0.39 is 0 Å². The molecule has 86 valence electrons. The Bertz CT molecular complexity index is 362. The summed E-state index contributed by atoms with van der Waals surface area (Å²) in [7, 11) is 0. The summed E-state index contributed by atoms with van der Waals surface area (Å²) in [6, 6.07) is 0. The van der Waals surface area contributed by atoms with Gasteiger partial charge in [0.25, 0.3) is 0 Å². The number of nitrogens with one attached hydrogen (secondary N) is 1. The van der Waals surface area contributed by atoms with Gasteiger partial charge in [0.05, 0.1) is 11.4 Å². The van der Waals surface area contributed by atoms with Gasteiger partial charge in [-0.2, -0.15) is 0 Å². The van der Waals surface area contributed by atoms with Crippen molar-refractivity contribution in [3.63, 3.8) is 0 Å². The first-order valence-corrected chi connectivity index (χ1v) is 5.74. The molecule has 4 nitrogen and oxygen atoms in total. The van der Waals surface area contributed by atoms with Gasteiger partial charge >= 0.3 is 0 Å². The van der Waals surface area contributed by atoms with Crippen LogP contribution in [-0.4, -0.2) is 17.5 Å². The van der Waals surface area contributed by atoms with E-state index in [1.807, 2.05) is 0 Å². The van der Waals surface area contributed by atoms with Gasteiger partial charge in [0.2, 0.25) is 0 Å². The zero-order valence-corrected chi connectivity index (χ0v) is 9.28. The van der Waals surface area contributed by atoms with Crippen LogP contribution in [0.2, 0.25) is 0 Å². The molecule has 0 unspecified atom stereocenters. The molecular formula is C12H17N3O. The van der Waals surface area contributed by atoms with E-state index in [9.17, 15) is 0 Å². The molecule has 4 heteroatoms. The van der Waals surface area contributed by atoms with Crippen LogP contribution in [0.25, 0.3) is 0 Å². The second-order valence-corrected chi connectivity index (χ2v) is 4.20. The number of hydrogen-bond acceptors (Lipinski definition) is 4. The Balaban J connectivity index is 1.98. The summed E-state index contributed by atoms with van der Waals surface area (Å²) in [6.45, 7) is 0. The average Bonchev–Trinajstić information content (AvgIpc) is 2.30. The van der Waals surface area contributed by atoms with Crippen LogP contribution in [0.1, 0.15) is 32.1 Å². The van der Waals surface area contributed by atoms with Crippen LogP contribution in [0.3, 0.4) is 0 Å². The summed E-state index contributed by atoms with van der Waals surface area (Å²) in [5.74, 6) is 0. The van der Waals surface area contributed by atoms with Gasteiger partial charge in [-0.05, 0) is 37.8 Å². The lowest BCUT2D eigenvalue weighted by Gasteiger charge is -2.20. The number of rotatable bonds is 2. The van der Waals surface area contributed by atoms with Crippen LogP contribution in [0, 0.1) is 5.41 Å². The van der Waals surface area contributed by atoms with Gasteiger partial charge < -0.3 is 10.6 Å². The zero-order chi connectivity index (χ0) is 11.4. The van der Waals surface area contributed by atoms with E-state index in [-0.39, 0.29) is 6.10 Å². The maximum atomic E-state index is 7.68. The summed E-state index contributed by atoms with van der Waals surface area (Å²) in [4.78, 5) is 5.46. The van der Waals surface area contributed by atoms with E-state index in [1.165, 1.54) is 19.3 Å². The van der Waals surface area contributed by atoms with Crippen LogP contribution in [0.15, 0.2) is 29.1 Å². The molecule has 0 amide bonds. The predicted octanol–water partition coefficient (Wildman–Crippen LogP) is 2.12. The summed E-state index contributed by atoms with van der Waals surface area (Å²) >= 11 is 0. The molecule has 0 atom stereocenters. The highest BCUT2D eigenvalue weighted by atomic mass is 16.6. The van der Waals surface area contributed by atoms with Crippen LogP contribution < -0.4 is 5.73 Å². The summed E-state index contributed by atoms with van der Waals surface area (Å²) in [5, 5.41) is 11.7. The van der Waals surface area contributed by atoms with Gasteiger partial charge in [0.1, 0.15) is 6.10 Å². The maximum Gasteiger partial charge on any atom is 0.150 e. The normalized spacial score (nSPS) is 24.6. The third-order valence-electron chi connectivity index (χ3n) is 2.91. The van der Waals surface area contributed by atoms with E-state index >= 15 is 0 Å². The van der Waals surface area contributed by atoms with Gasteiger partial charge in [0.15, 0.2) is 5.71 Å². The van der Waals surface area contributed by atoms with Crippen molar-refractivity contribution in [2.24, 2.45) is 10.9 Å². The third-order valence-corrected chi connectivity index (χ3v) is 2.91. The molecular weight excluding hydrogens is 202 g/mol. The molecule has 1 fully saturated rings. The Morgan fingerprint density at radius 2 is 2.06 bits per heavy atom. The molecule has 0 aliphatic heterocycles. The van der Waals surface area contributed by atoms with E-state index in [2.05, 4.69) is 5.16 Å². The molecule has 0 aromatic carbocycles. The van der Waals surface area contributed by atoms with Gasteiger partial charge in [0, 0.05) is 0 Å². The lowest BCUT2D eigenvalue weighted by Crippen LogP contribution is -2.23. The van der Waals surface area contributed by atoms with Gasteiger partial charge in [-0.1, -0.05) is 17.7 Å². The SMILES string of the molecule is N=C1C=CC=C(N)/C1=N\OC1CCCCC1. The second kappa shape index (κ2) is 4.96. The predicted molar refractivity (Wildman–Crippen MR) is 64.5 cm³/mol. The van der Waals surface area contributed by atoms with E-state index in [1.54, 1.807) is 18.2 Å². The van der Waals surface area contributed by atoms with Crippen molar-refractivity contribution in [2.75, 3.05) is 0 Å². The van der Waals surface area contributed by atoms with Crippen molar-refractivity contribution in [3.05, 3.63) is 23.9 Å².